The fraction of sp³-hybridized carbons (Fsp3) is 0.214. The molecule has 0 aliphatic heterocycles. The highest BCUT2D eigenvalue weighted by Crippen LogP contribution is 2.18. The van der Waals surface area contributed by atoms with E-state index in [9.17, 15) is 9.18 Å². The van der Waals surface area contributed by atoms with Gasteiger partial charge in [-0.25, -0.2) is 4.39 Å². The minimum Gasteiger partial charge on any atom is -0.497 e. The maximum atomic E-state index is 13.8. The van der Waals surface area contributed by atoms with Gasteiger partial charge in [-0.15, -0.1) is 0 Å². The number of thiophene rings is 1. The monoisotopic (exact) mass is 279 g/mol. The number of carbonyl (C=O) groups is 1. The van der Waals surface area contributed by atoms with E-state index in [4.69, 9.17) is 4.74 Å². The zero-order chi connectivity index (χ0) is 13.8. The molecule has 1 heterocycles. The van der Waals surface area contributed by atoms with Crippen molar-refractivity contribution in [2.75, 3.05) is 14.2 Å². The van der Waals surface area contributed by atoms with Gasteiger partial charge in [-0.3, -0.25) is 4.79 Å². The van der Waals surface area contributed by atoms with Crippen molar-refractivity contribution >= 4 is 17.2 Å². The van der Waals surface area contributed by atoms with Gasteiger partial charge >= 0.3 is 0 Å². The van der Waals surface area contributed by atoms with E-state index in [0.29, 0.717) is 12.3 Å². The lowest BCUT2D eigenvalue weighted by Gasteiger charge is -2.17. The van der Waals surface area contributed by atoms with E-state index < -0.39 is 5.82 Å². The molecule has 0 N–H and O–H groups in total. The first kappa shape index (κ1) is 13.5. The van der Waals surface area contributed by atoms with Gasteiger partial charge in [0.2, 0.25) is 0 Å². The van der Waals surface area contributed by atoms with Crippen molar-refractivity contribution in [2.24, 2.45) is 0 Å². The number of methoxy groups -OCH3 is 1. The zero-order valence-electron chi connectivity index (χ0n) is 10.7. The summed E-state index contributed by atoms with van der Waals surface area (Å²) in [6.45, 7) is 0.466. The second kappa shape index (κ2) is 5.84. The van der Waals surface area contributed by atoms with Gasteiger partial charge in [0, 0.05) is 19.7 Å². The van der Waals surface area contributed by atoms with Crippen LogP contribution in [0.4, 0.5) is 4.39 Å². The summed E-state index contributed by atoms with van der Waals surface area (Å²) < 4.78 is 18.7. The third kappa shape index (κ3) is 3.12. The molecule has 0 aliphatic rings. The predicted octanol–water partition coefficient (Wildman–Crippen LogP) is 3.17. The molecule has 0 saturated heterocycles. The van der Waals surface area contributed by atoms with Crippen molar-refractivity contribution in [3.8, 4) is 5.75 Å². The fourth-order valence-electron chi connectivity index (χ4n) is 1.73. The summed E-state index contributed by atoms with van der Waals surface area (Å²) in [6.07, 6.45) is 0. The summed E-state index contributed by atoms with van der Waals surface area (Å²) in [5, 5.41) is 3.91. The van der Waals surface area contributed by atoms with Crippen LogP contribution in [0.5, 0.6) is 5.75 Å². The van der Waals surface area contributed by atoms with Gasteiger partial charge in [-0.2, -0.15) is 11.3 Å². The molecule has 0 spiro atoms. The molecule has 100 valence electrons. The summed E-state index contributed by atoms with van der Waals surface area (Å²) >= 11 is 1.57. The molecule has 1 aromatic heterocycles. The van der Waals surface area contributed by atoms with Crippen LogP contribution in [0.1, 0.15) is 15.9 Å². The molecule has 1 aromatic carbocycles. The number of carbonyl (C=O) groups excluding carboxylic acids is 1. The number of rotatable bonds is 4. The fourth-order valence-corrected chi connectivity index (χ4v) is 2.39. The Kier molecular flexibility index (Phi) is 4.16. The molecule has 0 saturated carbocycles. The van der Waals surface area contributed by atoms with Gasteiger partial charge < -0.3 is 9.64 Å². The Morgan fingerprint density at radius 1 is 1.42 bits per heavy atom. The molecule has 0 bridgehead atoms. The van der Waals surface area contributed by atoms with E-state index in [1.54, 1.807) is 24.5 Å². The first-order valence-electron chi connectivity index (χ1n) is 5.72. The van der Waals surface area contributed by atoms with Crippen LogP contribution in [0.3, 0.4) is 0 Å². The molecular weight excluding hydrogens is 265 g/mol. The molecule has 0 radical (unpaired) electrons. The molecule has 0 fully saturated rings. The molecular formula is C14H14FNO2S. The number of hydrogen-bond donors (Lipinski definition) is 0. The van der Waals surface area contributed by atoms with E-state index >= 15 is 0 Å². The highest BCUT2D eigenvalue weighted by atomic mass is 32.1. The SMILES string of the molecule is COc1ccc(C(=O)N(C)Cc2ccsc2)c(F)c1. The number of benzene rings is 1. The smallest absolute Gasteiger partial charge is 0.256 e. The van der Waals surface area contributed by atoms with E-state index in [0.717, 1.165) is 5.56 Å². The average molecular weight is 279 g/mol. The maximum Gasteiger partial charge on any atom is 0.256 e. The van der Waals surface area contributed by atoms with Crippen molar-refractivity contribution in [3.05, 3.63) is 52.0 Å². The number of halogens is 1. The lowest BCUT2D eigenvalue weighted by molar-refractivity contribution is 0.0780. The zero-order valence-corrected chi connectivity index (χ0v) is 11.5. The molecule has 0 aliphatic carbocycles. The summed E-state index contributed by atoms with van der Waals surface area (Å²) in [5.74, 6) is -0.512. The topological polar surface area (TPSA) is 29.5 Å². The molecule has 3 nitrogen and oxygen atoms in total. The van der Waals surface area contributed by atoms with Crippen LogP contribution in [0.2, 0.25) is 0 Å². The Bertz CT molecular complexity index is 569. The molecule has 0 unspecified atom stereocenters. The molecule has 5 heteroatoms. The van der Waals surface area contributed by atoms with Gasteiger partial charge in [-0.05, 0) is 34.5 Å². The van der Waals surface area contributed by atoms with Gasteiger partial charge in [0.15, 0.2) is 0 Å². The molecule has 0 atom stereocenters. The predicted molar refractivity (Wildman–Crippen MR) is 73.1 cm³/mol. The summed E-state index contributed by atoms with van der Waals surface area (Å²) in [6, 6.07) is 6.18. The first-order valence-corrected chi connectivity index (χ1v) is 6.66. The number of nitrogens with zero attached hydrogens (tertiary/aromatic N) is 1. The first-order chi connectivity index (χ1) is 9.11. The maximum absolute atomic E-state index is 13.8. The van der Waals surface area contributed by atoms with E-state index in [1.807, 2.05) is 16.8 Å². The van der Waals surface area contributed by atoms with Crippen LogP contribution in [0.15, 0.2) is 35.0 Å². The van der Waals surface area contributed by atoms with Crippen LogP contribution in [-0.4, -0.2) is 25.0 Å². The largest absolute Gasteiger partial charge is 0.497 e. The number of amides is 1. The standard InChI is InChI=1S/C14H14FNO2S/c1-16(8-10-5-6-19-9-10)14(17)12-4-3-11(18-2)7-13(12)15/h3-7,9H,8H2,1-2H3. The third-order valence-electron chi connectivity index (χ3n) is 2.75. The van der Waals surface area contributed by atoms with Crippen LogP contribution in [0, 0.1) is 5.82 Å². The Morgan fingerprint density at radius 3 is 2.79 bits per heavy atom. The molecule has 2 rings (SSSR count). The Labute approximate surface area is 115 Å². The van der Waals surface area contributed by atoms with Crippen LogP contribution in [-0.2, 0) is 6.54 Å². The Balaban J connectivity index is 2.14. The third-order valence-corrected chi connectivity index (χ3v) is 3.49. The van der Waals surface area contributed by atoms with Crippen molar-refractivity contribution in [1.82, 2.24) is 4.90 Å². The van der Waals surface area contributed by atoms with E-state index in [1.165, 1.54) is 24.1 Å². The van der Waals surface area contributed by atoms with E-state index in [2.05, 4.69) is 0 Å². The van der Waals surface area contributed by atoms with Gasteiger partial charge in [0.05, 0.1) is 12.7 Å². The summed E-state index contributed by atoms with van der Waals surface area (Å²) in [7, 11) is 3.11. The highest BCUT2D eigenvalue weighted by Gasteiger charge is 2.17. The quantitative estimate of drug-likeness (QED) is 0.860. The average Bonchev–Trinajstić information content (AvgIpc) is 2.90. The van der Waals surface area contributed by atoms with Crippen LogP contribution in [0.25, 0.3) is 0 Å². The molecule has 1 amide bonds. The normalized spacial score (nSPS) is 10.3. The van der Waals surface area contributed by atoms with E-state index in [-0.39, 0.29) is 11.5 Å². The second-order valence-corrected chi connectivity index (χ2v) is 4.92. The second-order valence-electron chi connectivity index (χ2n) is 4.14. The number of hydrogen-bond acceptors (Lipinski definition) is 3. The van der Waals surface area contributed by atoms with Crippen molar-refractivity contribution in [2.45, 2.75) is 6.54 Å². The minimum absolute atomic E-state index is 0.0542. The summed E-state index contributed by atoms with van der Waals surface area (Å²) in [5.41, 5.74) is 1.09. The Hall–Kier alpha value is -1.88. The highest BCUT2D eigenvalue weighted by molar-refractivity contribution is 7.07. The van der Waals surface area contributed by atoms with Gasteiger partial charge in [0.25, 0.3) is 5.91 Å². The van der Waals surface area contributed by atoms with Crippen molar-refractivity contribution in [3.63, 3.8) is 0 Å². The molecule has 19 heavy (non-hydrogen) atoms. The van der Waals surface area contributed by atoms with Crippen molar-refractivity contribution < 1.29 is 13.9 Å². The lowest BCUT2D eigenvalue weighted by Crippen LogP contribution is -2.26. The van der Waals surface area contributed by atoms with Gasteiger partial charge in [-0.1, -0.05) is 0 Å². The molecule has 2 aromatic rings. The van der Waals surface area contributed by atoms with Crippen LogP contribution >= 0.6 is 11.3 Å². The van der Waals surface area contributed by atoms with Gasteiger partial charge in [0.1, 0.15) is 11.6 Å². The lowest BCUT2D eigenvalue weighted by atomic mass is 10.1. The van der Waals surface area contributed by atoms with Crippen molar-refractivity contribution in [1.29, 1.82) is 0 Å². The van der Waals surface area contributed by atoms with Crippen LogP contribution < -0.4 is 4.74 Å². The summed E-state index contributed by atoms with van der Waals surface area (Å²) in [4.78, 5) is 13.6. The Morgan fingerprint density at radius 2 is 2.21 bits per heavy atom. The number of ether oxygens (including phenoxy) is 1. The minimum atomic E-state index is -0.568.